The second kappa shape index (κ2) is 5.18. The topological polar surface area (TPSA) is 49.9 Å². The molecule has 0 fully saturated rings. The summed E-state index contributed by atoms with van der Waals surface area (Å²) >= 11 is 0. The summed E-state index contributed by atoms with van der Waals surface area (Å²) in [7, 11) is 0. The molecule has 2 heterocycles. The van der Waals surface area contributed by atoms with Gasteiger partial charge in [-0.05, 0) is 24.3 Å². The Kier molecular flexibility index (Phi) is 3.32. The van der Waals surface area contributed by atoms with Gasteiger partial charge in [0.25, 0.3) is 0 Å². The fraction of sp³-hybridized carbons (Fsp3) is 0.0667. The molecule has 0 bridgehead atoms. The number of oxime groups is 1. The first-order valence-electron chi connectivity index (χ1n) is 6.31. The lowest BCUT2D eigenvalue weighted by Crippen LogP contribution is -2.04. The molecule has 0 spiro atoms. The fourth-order valence-electron chi connectivity index (χ4n) is 2.21. The number of benzene rings is 1. The van der Waals surface area contributed by atoms with E-state index in [0.717, 1.165) is 12.1 Å². The zero-order valence-corrected chi connectivity index (χ0v) is 11.1. The van der Waals surface area contributed by atoms with Crippen LogP contribution in [0.25, 0.3) is 16.9 Å². The van der Waals surface area contributed by atoms with Crippen LogP contribution in [-0.4, -0.2) is 20.8 Å². The lowest BCUT2D eigenvalue weighted by Gasteiger charge is -2.08. The van der Waals surface area contributed by atoms with Crippen molar-refractivity contribution >= 4 is 11.9 Å². The van der Waals surface area contributed by atoms with Gasteiger partial charge < -0.3 is 5.21 Å². The van der Waals surface area contributed by atoms with E-state index in [9.17, 15) is 13.2 Å². The van der Waals surface area contributed by atoms with Gasteiger partial charge in [0.1, 0.15) is 5.65 Å². The Labute approximate surface area is 123 Å². The normalized spacial score (nSPS) is 12.3. The van der Waals surface area contributed by atoms with E-state index < -0.39 is 11.7 Å². The Bertz CT molecular complexity index is 853. The fourth-order valence-corrected chi connectivity index (χ4v) is 2.21. The third kappa shape index (κ3) is 2.52. The maximum Gasteiger partial charge on any atom is 0.416 e. The van der Waals surface area contributed by atoms with Crippen molar-refractivity contribution in [1.82, 2.24) is 9.38 Å². The van der Waals surface area contributed by atoms with Crippen molar-refractivity contribution in [3.8, 4) is 11.3 Å². The molecule has 112 valence electrons. The van der Waals surface area contributed by atoms with Crippen molar-refractivity contribution in [1.29, 1.82) is 0 Å². The summed E-state index contributed by atoms with van der Waals surface area (Å²) in [5.74, 6) is 0. The van der Waals surface area contributed by atoms with Gasteiger partial charge in [-0.1, -0.05) is 17.3 Å². The number of rotatable bonds is 2. The number of fused-ring (bicyclic) bond motifs is 1. The van der Waals surface area contributed by atoms with E-state index >= 15 is 0 Å². The smallest absolute Gasteiger partial charge is 0.411 e. The van der Waals surface area contributed by atoms with E-state index in [2.05, 4.69) is 10.1 Å². The van der Waals surface area contributed by atoms with Crippen molar-refractivity contribution in [2.24, 2.45) is 5.16 Å². The monoisotopic (exact) mass is 305 g/mol. The minimum absolute atomic E-state index is 0.422. The van der Waals surface area contributed by atoms with E-state index in [4.69, 9.17) is 5.21 Å². The average molecular weight is 305 g/mol. The quantitative estimate of drug-likeness (QED) is 0.444. The number of aromatic nitrogens is 2. The molecule has 0 atom stereocenters. The van der Waals surface area contributed by atoms with Crippen LogP contribution in [0.1, 0.15) is 11.1 Å². The highest BCUT2D eigenvalue weighted by molar-refractivity contribution is 5.81. The lowest BCUT2D eigenvalue weighted by atomic mass is 10.1. The molecule has 0 saturated carbocycles. The first-order chi connectivity index (χ1) is 10.5. The Morgan fingerprint density at radius 3 is 2.73 bits per heavy atom. The molecule has 0 saturated heterocycles. The van der Waals surface area contributed by atoms with E-state index in [0.29, 0.717) is 22.5 Å². The number of pyridine rings is 1. The van der Waals surface area contributed by atoms with Crippen LogP contribution in [-0.2, 0) is 6.18 Å². The van der Waals surface area contributed by atoms with Crippen molar-refractivity contribution in [2.45, 2.75) is 6.18 Å². The molecule has 3 rings (SSSR count). The van der Waals surface area contributed by atoms with Crippen LogP contribution in [0, 0.1) is 0 Å². The van der Waals surface area contributed by atoms with Crippen LogP contribution in [0.15, 0.2) is 53.9 Å². The molecule has 0 aliphatic carbocycles. The molecule has 22 heavy (non-hydrogen) atoms. The van der Waals surface area contributed by atoms with Crippen molar-refractivity contribution in [3.63, 3.8) is 0 Å². The molecule has 0 amide bonds. The summed E-state index contributed by atoms with van der Waals surface area (Å²) in [4.78, 5) is 4.17. The highest BCUT2D eigenvalue weighted by Gasteiger charge is 2.30. The zero-order chi connectivity index (χ0) is 15.7. The van der Waals surface area contributed by atoms with Gasteiger partial charge in [-0.25, -0.2) is 4.98 Å². The third-order valence-electron chi connectivity index (χ3n) is 3.23. The maximum atomic E-state index is 12.8. The first-order valence-corrected chi connectivity index (χ1v) is 6.31. The summed E-state index contributed by atoms with van der Waals surface area (Å²) in [6.07, 6.45) is 0.0273. The van der Waals surface area contributed by atoms with Crippen molar-refractivity contribution in [2.75, 3.05) is 0 Å². The van der Waals surface area contributed by atoms with Crippen LogP contribution in [0.2, 0.25) is 0 Å². The van der Waals surface area contributed by atoms with Crippen LogP contribution in [0.3, 0.4) is 0 Å². The van der Waals surface area contributed by atoms with Gasteiger partial charge >= 0.3 is 6.18 Å². The number of halogens is 3. The van der Waals surface area contributed by atoms with Gasteiger partial charge in [0, 0.05) is 17.3 Å². The van der Waals surface area contributed by atoms with E-state index in [1.807, 2.05) is 0 Å². The minimum atomic E-state index is -4.39. The number of hydrogen-bond acceptors (Lipinski definition) is 3. The Hall–Kier alpha value is -2.83. The molecular formula is C15H10F3N3O. The average Bonchev–Trinajstić information content (AvgIpc) is 2.90. The molecular weight excluding hydrogens is 295 g/mol. The molecule has 1 N–H and O–H groups in total. The first kappa shape index (κ1) is 14.1. The van der Waals surface area contributed by atoms with Crippen LogP contribution in [0.4, 0.5) is 13.2 Å². The highest BCUT2D eigenvalue weighted by atomic mass is 19.4. The van der Waals surface area contributed by atoms with Gasteiger partial charge in [0.05, 0.1) is 23.7 Å². The summed E-state index contributed by atoms with van der Waals surface area (Å²) < 4.78 is 40.1. The zero-order valence-electron chi connectivity index (χ0n) is 11.1. The van der Waals surface area contributed by atoms with Crippen molar-refractivity contribution in [3.05, 3.63) is 59.9 Å². The predicted molar refractivity (Wildman–Crippen MR) is 75.0 cm³/mol. The molecule has 1 aromatic carbocycles. The van der Waals surface area contributed by atoms with Gasteiger partial charge in [0.2, 0.25) is 0 Å². The number of alkyl halides is 3. The summed E-state index contributed by atoms with van der Waals surface area (Å²) in [5.41, 5.74) is 1.45. The molecule has 4 nitrogen and oxygen atoms in total. The second-order valence-corrected chi connectivity index (χ2v) is 4.65. The number of nitrogens with zero attached hydrogens (tertiary/aromatic N) is 3. The third-order valence-corrected chi connectivity index (χ3v) is 3.23. The van der Waals surface area contributed by atoms with Crippen molar-refractivity contribution < 1.29 is 18.4 Å². The molecule has 2 aromatic heterocycles. The molecule has 0 radical (unpaired) electrons. The number of imidazole rings is 1. The van der Waals surface area contributed by atoms with E-state index in [1.54, 1.807) is 28.8 Å². The molecule has 7 heteroatoms. The molecule has 0 aliphatic heterocycles. The van der Waals surface area contributed by atoms with Crippen LogP contribution >= 0.6 is 0 Å². The van der Waals surface area contributed by atoms with Gasteiger partial charge in [-0.3, -0.25) is 4.40 Å². The lowest BCUT2D eigenvalue weighted by molar-refractivity contribution is -0.137. The minimum Gasteiger partial charge on any atom is -0.411 e. The molecule has 3 aromatic rings. The second-order valence-electron chi connectivity index (χ2n) is 4.65. The van der Waals surface area contributed by atoms with E-state index in [1.165, 1.54) is 18.5 Å². The standard InChI is InChI=1S/C15H10F3N3O/c16-15(17,18)12-3-1-2-11(7-12)13-9-19-14-6-10(8-20-22)4-5-21(13)14/h1-9,22H/b20-8+. The van der Waals surface area contributed by atoms with Gasteiger partial charge in [-0.2, -0.15) is 13.2 Å². The summed E-state index contributed by atoms with van der Waals surface area (Å²) in [5, 5.41) is 11.4. The maximum absolute atomic E-state index is 12.8. The SMILES string of the molecule is O/N=C/c1ccn2c(-c3cccc(C(F)(F)F)c3)cnc2c1. The van der Waals surface area contributed by atoms with Gasteiger partial charge in [-0.15, -0.1) is 0 Å². The number of hydrogen-bond donors (Lipinski definition) is 1. The van der Waals surface area contributed by atoms with Gasteiger partial charge in [0.15, 0.2) is 0 Å². The van der Waals surface area contributed by atoms with Crippen LogP contribution in [0.5, 0.6) is 0 Å². The summed E-state index contributed by atoms with van der Waals surface area (Å²) in [6, 6.07) is 8.42. The molecule has 0 unspecified atom stereocenters. The Morgan fingerprint density at radius 1 is 1.18 bits per heavy atom. The largest absolute Gasteiger partial charge is 0.416 e. The molecule has 0 aliphatic rings. The predicted octanol–water partition coefficient (Wildman–Crippen LogP) is 3.83. The van der Waals surface area contributed by atoms with Crippen LogP contribution < -0.4 is 0 Å². The summed E-state index contributed by atoms with van der Waals surface area (Å²) in [6.45, 7) is 0. The Balaban J connectivity index is 2.11. The highest BCUT2D eigenvalue weighted by Crippen LogP contribution is 2.32. The Morgan fingerprint density at radius 2 is 2.00 bits per heavy atom. The van der Waals surface area contributed by atoms with E-state index in [-0.39, 0.29) is 0 Å².